The first-order valence-electron chi connectivity index (χ1n) is 7.33. The van der Waals surface area contributed by atoms with Crippen LogP contribution in [0.2, 0.25) is 10.0 Å². The highest BCUT2D eigenvalue weighted by Gasteiger charge is 2.10. The molecule has 0 saturated carbocycles. The van der Waals surface area contributed by atoms with Gasteiger partial charge in [0.1, 0.15) is 17.8 Å². The normalized spacial score (nSPS) is 10.3. The Balaban J connectivity index is 1.70. The average molecular weight is 374 g/mol. The minimum atomic E-state index is -0.306. The van der Waals surface area contributed by atoms with E-state index in [4.69, 9.17) is 23.2 Å². The number of pyridine rings is 1. The molecule has 126 valence electrons. The molecule has 0 aliphatic carbocycles. The fourth-order valence-corrected chi connectivity index (χ4v) is 2.41. The lowest BCUT2D eigenvalue weighted by Crippen LogP contribution is -2.24. The van der Waals surface area contributed by atoms with Crippen molar-refractivity contribution < 1.29 is 4.79 Å². The zero-order valence-electron chi connectivity index (χ0n) is 12.9. The highest BCUT2D eigenvalue weighted by molar-refractivity contribution is 6.43. The van der Waals surface area contributed by atoms with E-state index in [9.17, 15) is 4.79 Å². The molecule has 2 N–H and O–H groups in total. The van der Waals surface area contributed by atoms with Gasteiger partial charge >= 0.3 is 0 Å². The number of nitrogens with one attached hydrogen (secondary N) is 2. The van der Waals surface area contributed by atoms with E-state index < -0.39 is 0 Å². The van der Waals surface area contributed by atoms with Crippen LogP contribution in [-0.4, -0.2) is 20.9 Å². The molecule has 0 unspecified atom stereocenters. The number of aromatic nitrogens is 3. The lowest BCUT2D eigenvalue weighted by molar-refractivity contribution is 0.0946. The van der Waals surface area contributed by atoms with Crippen molar-refractivity contribution in [2.45, 2.75) is 6.54 Å². The molecule has 0 bridgehead atoms. The number of halogens is 2. The van der Waals surface area contributed by atoms with E-state index in [1.165, 1.54) is 6.33 Å². The van der Waals surface area contributed by atoms with Gasteiger partial charge in [0.2, 0.25) is 0 Å². The van der Waals surface area contributed by atoms with Crippen LogP contribution in [0.1, 0.15) is 16.1 Å². The van der Waals surface area contributed by atoms with E-state index >= 15 is 0 Å². The first-order valence-corrected chi connectivity index (χ1v) is 8.09. The zero-order chi connectivity index (χ0) is 17.6. The molecule has 0 radical (unpaired) electrons. The predicted molar refractivity (Wildman–Crippen MR) is 97.2 cm³/mol. The summed E-state index contributed by atoms with van der Waals surface area (Å²) in [5.74, 6) is 0.132. The summed E-state index contributed by atoms with van der Waals surface area (Å²) in [7, 11) is 0. The summed E-state index contributed by atoms with van der Waals surface area (Å²) in [4.78, 5) is 24.3. The van der Waals surface area contributed by atoms with Gasteiger partial charge in [0.05, 0.1) is 15.7 Å². The second-order valence-corrected chi connectivity index (χ2v) is 5.84. The van der Waals surface area contributed by atoms with Crippen molar-refractivity contribution in [1.29, 1.82) is 0 Å². The third-order valence-corrected chi connectivity index (χ3v) is 4.14. The van der Waals surface area contributed by atoms with Gasteiger partial charge in [-0.05, 0) is 29.8 Å². The van der Waals surface area contributed by atoms with Crippen molar-refractivity contribution in [3.05, 3.63) is 76.4 Å². The van der Waals surface area contributed by atoms with Gasteiger partial charge in [-0.1, -0.05) is 29.3 Å². The minimum absolute atomic E-state index is 0.240. The van der Waals surface area contributed by atoms with Crippen LogP contribution in [0.4, 0.5) is 11.5 Å². The number of amides is 1. The van der Waals surface area contributed by atoms with E-state index in [-0.39, 0.29) is 11.6 Å². The standard InChI is InChI=1S/C17H13Cl2N5O/c18-12-2-1-3-13(16(12)19)24-15-8-14(22-10-23-15)17(25)21-9-11-4-6-20-7-5-11/h1-8,10H,9H2,(H,21,25)(H,22,23,24). The van der Waals surface area contributed by atoms with Gasteiger partial charge in [-0.15, -0.1) is 0 Å². The van der Waals surface area contributed by atoms with Crippen molar-refractivity contribution in [3.63, 3.8) is 0 Å². The second kappa shape index (κ2) is 7.92. The fourth-order valence-electron chi connectivity index (χ4n) is 2.06. The number of hydrogen-bond donors (Lipinski definition) is 2. The van der Waals surface area contributed by atoms with E-state index in [1.807, 2.05) is 12.1 Å². The van der Waals surface area contributed by atoms with Crippen LogP contribution in [0.15, 0.2) is 55.1 Å². The van der Waals surface area contributed by atoms with Crippen LogP contribution >= 0.6 is 23.2 Å². The number of nitrogens with zero attached hydrogens (tertiary/aromatic N) is 3. The molecular formula is C17H13Cl2N5O. The molecule has 0 fully saturated rings. The molecule has 0 atom stereocenters. The maximum absolute atomic E-state index is 12.3. The summed E-state index contributed by atoms with van der Waals surface area (Å²) < 4.78 is 0. The number of hydrogen-bond acceptors (Lipinski definition) is 5. The second-order valence-electron chi connectivity index (χ2n) is 5.05. The van der Waals surface area contributed by atoms with Gasteiger partial charge in [-0.3, -0.25) is 9.78 Å². The third kappa shape index (κ3) is 4.43. The van der Waals surface area contributed by atoms with E-state index in [0.29, 0.717) is 28.1 Å². The molecule has 1 amide bonds. The van der Waals surface area contributed by atoms with Crippen molar-refractivity contribution in [2.24, 2.45) is 0 Å². The smallest absolute Gasteiger partial charge is 0.270 e. The molecule has 25 heavy (non-hydrogen) atoms. The Morgan fingerprint density at radius 2 is 1.88 bits per heavy atom. The molecule has 6 nitrogen and oxygen atoms in total. The Bertz CT molecular complexity index is 889. The maximum Gasteiger partial charge on any atom is 0.270 e. The summed E-state index contributed by atoms with van der Waals surface area (Å²) in [6, 6.07) is 10.4. The average Bonchev–Trinajstić information content (AvgIpc) is 2.64. The molecular weight excluding hydrogens is 361 g/mol. The summed E-state index contributed by atoms with van der Waals surface area (Å²) >= 11 is 12.1. The maximum atomic E-state index is 12.3. The summed E-state index contributed by atoms with van der Waals surface area (Å²) in [6.07, 6.45) is 4.65. The molecule has 2 heterocycles. The highest BCUT2D eigenvalue weighted by Crippen LogP contribution is 2.31. The molecule has 1 aromatic carbocycles. The molecule has 2 aromatic heterocycles. The Labute approximate surface area is 154 Å². The first kappa shape index (κ1) is 17.1. The number of carbonyl (C=O) groups excluding carboxylic acids is 1. The van der Waals surface area contributed by atoms with Gasteiger partial charge in [-0.25, -0.2) is 9.97 Å². The van der Waals surface area contributed by atoms with Crippen LogP contribution in [-0.2, 0) is 6.54 Å². The lowest BCUT2D eigenvalue weighted by atomic mass is 10.2. The molecule has 0 spiro atoms. The van der Waals surface area contributed by atoms with Crippen LogP contribution in [0.5, 0.6) is 0 Å². The number of anilines is 2. The predicted octanol–water partition coefficient (Wildman–Crippen LogP) is 3.85. The molecule has 3 aromatic rings. The van der Waals surface area contributed by atoms with Gasteiger partial charge < -0.3 is 10.6 Å². The van der Waals surface area contributed by atoms with E-state index in [2.05, 4.69) is 25.6 Å². The van der Waals surface area contributed by atoms with Crippen molar-refractivity contribution >= 4 is 40.6 Å². The van der Waals surface area contributed by atoms with E-state index in [0.717, 1.165) is 5.56 Å². The van der Waals surface area contributed by atoms with Crippen LogP contribution in [0, 0.1) is 0 Å². The quantitative estimate of drug-likeness (QED) is 0.709. The highest BCUT2D eigenvalue weighted by atomic mass is 35.5. The Morgan fingerprint density at radius 1 is 1.08 bits per heavy atom. The monoisotopic (exact) mass is 373 g/mol. The largest absolute Gasteiger partial charge is 0.347 e. The first-order chi connectivity index (χ1) is 12.1. The van der Waals surface area contributed by atoms with E-state index in [1.54, 1.807) is 36.7 Å². The van der Waals surface area contributed by atoms with Gasteiger partial charge in [-0.2, -0.15) is 0 Å². The SMILES string of the molecule is O=C(NCc1ccncc1)c1cc(Nc2cccc(Cl)c2Cl)ncn1. The molecule has 0 saturated heterocycles. The molecule has 0 aliphatic heterocycles. The van der Waals surface area contributed by atoms with Crippen LogP contribution in [0.25, 0.3) is 0 Å². The summed E-state index contributed by atoms with van der Waals surface area (Å²) in [6.45, 7) is 0.383. The van der Waals surface area contributed by atoms with Gasteiger partial charge in [0.25, 0.3) is 5.91 Å². The summed E-state index contributed by atoms with van der Waals surface area (Å²) in [5, 5.41) is 6.63. The van der Waals surface area contributed by atoms with Crippen molar-refractivity contribution in [1.82, 2.24) is 20.3 Å². The van der Waals surface area contributed by atoms with Crippen molar-refractivity contribution in [2.75, 3.05) is 5.32 Å². The van der Waals surface area contributed by atoms with Gasteiger partial charge in [0.15, 0.2) is 0 Å². The molecule has 0 aliphatic rings. The van der Waals surface area contributed by atoms with Crippen molar-refractivity contribution in [3.8, 4) is 0 Å². The van der Waals surface area contributed by atoms with Crippen LogP contribution in [0.3, 0.4) is 0 Å². The Kier molecular flexibility index (Phi) is 5.42. The minimum Gasteiger partial charge on any atom is -0.347 e. The van der Waals surface area contributed by atoms with Crippen LogP contribution < -0.4 is 10.6 Å². The molecule has 3 rings (SSSR count). The number of benzene rings is 1. The lowest BCUT2D eigenvalue weighted by Gasteiger charge is -2.09. The van der Waals surface area contributed by atoms with Gasteiger partial charge in [0, 0.05) is 25.0 Å². The third-order valence-electron chi connectivity index (χ3n) is 3.32. The summed E-state index contributed by atoms with van der Waals surface area (Å²) in [5.41, 5.74) is 1.78. The Hall–Kier alpha value is -2.70. The topological polar surface area (TPSA) is 79.8 Å². The number of rotatable bonds is 5. The Morgan fingerprint density at radius 3 is 2.68 bits per heavy atom. The zero-order valence-corrected chi connectivity index (χ0v) is 14.4. The fraction of sp³-hybridized carbons (Fsp3) is 0.0588. The molecule has 8 heteroatoms. The number of carbonyl (C=O) groups is 1.